The van der Waals surface area contributed by atoms with Crippen molar-refractivity contribution in [3.05, 3.63) is 100 Å². The van der Waals surface area contributed by atoms with Gasteiger partial charge in [0.2, 0.25) is 5.78 Å². The Morgan fingerprint density at radius 1 is 0.893 bits per heavy atom. The van der Waals surface area contributed by atoms with Crippen molar-refractivity contribution < 1.29 is 14.0 Å². The molecule has 4 rings (SSSR count). The first-order chi connectivity index (χ1) is 13.5. The zero-order chi connectivity index (χ0) is 19.7. The average Bonchev–Trinajstić information content (AvgIpc) is 3.04. The molecule has 4 aromatic rings. The maximum Gasteiger partial charge on any atom is 0.255 e. The molecule has 0 aliphatic heterocycles. The summed E-state index contributed by atoms with van der Waals surface area (Å²) < 4.78 is 5.80. The largest absolute Gasteiger partial charge is 0.452 e. The van der Waals surface area contributed by atoms with Crippen LogP contribution in [-0.4, -0.2) is 11.7 Å². The van der Waals surface area contributed by atoms with Gasteiger partial charge in [-0.25, -0.2) is 0 Å². The number of anilines is 1. The molecule has 138 valence electrons. The Morgan fingerprint density at radius 2 is 1.64 bits per heavy atom. The summed E-state index contributed by atoms with van der Waals surface area (Å²) in [4.78, 5) is 25.2. The third-order valence-electron chi connectivity index (χ3n) is 4.52. The van der Waals surface area contributed by atoms with Gasteiger partial charge in [0, 0.05) is 32.8 Å². The summed E-state index contributed by atoms with van der Waals surface area (Å²) in [7, 11) is 0. The summed E-state index contributed by atoms with van der Waals surface area (Å²) in [6, 6.07) is 21.0. The summed E-state index contributed by atoms with van der Waals surface area (Å²) in [5.74, 6) is -0.123. The van der Waals surface area contributed by atoms with E-state index in [4.69, 9.17) is 16.0 Å². The van der Waals surface area contributed by atoms with Crippen molar-refractivity contribution >= 4 is 39.9 Å². The van der Waals surface area contributed by atoms with Gasteiger partial charge < -0.3 is 9.73 Å². The van der Waals surface area contributed by atoms with E-state index in [1.54, 1.807) is 54.6 Å². The van der Waals surface area contributed by atoms with Crippen molar-refractivity contribution in [1.29, 1.82) is 0 Å². The quantitative estimate of drug-likeness (QED) is 0.443. The number of carbonyl (C=O) groups is 2. The fourth-order valence-corrected chi connectivity index (χ4v) is 3.26. The first-order valence-corrected chi connectivity index (χ1v) is 9.10. The third kappa shape index (κ3) is 3.42. The predicted molar refractivity (Wildman–Crippen MR) is 110 cm³/mol. The molecule has 1 N–H and O–H groups in total. The fourth-order valence-electron chi connectivity index (χ4n) is 3.07. The highest BCUT2D eigenvalue weighted by Gasteiger charge is 2.19. The summed E-state index contributed by atoms with van der Waals surface area (Å²) in [6.45, 7) is 1.84. The maximum absolute atomic E-state index is 12.7. The molecule has 0 fully saturated rings. The molecule has 0 aliphatic rings. The van der Waals surface area contributed by atoms with Gasteiger partial charge in [-0.15, -0.1) is 0 Å². The van der Waals surface area contributed by atoms with Crippen molar-refractivity contribution in [2.75, 3.05) is 5.32 Å². The van der Waals surface area contributed by atoms with Crippen molar-refractivity contribution in [2.45, 2.75) is 6.92 Å². The molecule has 0 unspecified atom stereocenters. The number of rotatable bonds is 4. The SMILES string of the molecule is Cc1c(C(=O)c2ccccc2)oc2ccc(NC(=O)c3cccc(Cl)c3)cc12. The molecule has 0 aliphatic carbocycles. The molecule has 0 bridgehead atoms. The van der Waals surface area contributed by atoms with Crippen LogP contribution in [0.2, 0.25) is 5.02 Å². The first kappa shape index (κ1) is 18.0. The van der Waals surface area contributed by atoms with Gasteiger partial charge in [0.05, 0.1) is 0 Å². The van der Waals surface area contributed by atoms with E-state index < -0.39 is 0 Å². The lowest BCUT2D eigenvalue weighted by molar-refractivity contribution is 0.101. The third-order valence-corrected chi connectivity index (χ3v) is 4.76. The molecule has 28 heavy (non-hydrogen) atoms. The Kier molecular flexibility index (Phi) is 4.72. The summed E-state index contributed by atoms with van der Waals surface area (Å²) >= 11 is 5.95. The molecular formula is C23H16ClNO3. The number of aryl methyl sites for hydroxylation is 1. The van der Waals surface area contributed by atoms with Crippen LogP contribution in [0.15, 0.2) is 77.2 Å². The van der Waals surface area contributed by atoms with Crippen LogP contribution in [0.5, 0.6) is 0 Å². The molecule has 4 nitrogen and oxygen atoms in total. The zero-order valence-electron chi connectivity index (χ0n) is 15.0. The van der Waals surface area contributed by atoms with Crippen LogP contribution in [0.1, 0.15) is 32.0 Å². The summed E-state index contributed by atoms with van der Waals surface area (Å²) in [5, 5.41) is 4.13. The number of halogens is 1. The van der Waals surface area contributed by atoms with Crippen molar-refractivity contribution in [3.8, 4) is 0 Å². The topological polar surface area (TPSA) is 59.3 Å². The molecule has 1 aromatic heterocycles. The Morgan fingerprint density at radius 3 is 2.39 bits per heavy atom. The van der Waals surface area contributed by atoms with Gasteiger partial charge in [-0.05, 0) is 43.3 Å². The van der Waals surface area contributed by atoms with E-state index >= 15 is 0 Å². The first-order valence-electron chi connectivity index (χ1n) is 8.73. The van der Waals surface area contributed by atoms with Gasteiger partial charge in [0.1, 0.15) is 5.58 Å². The van der Waals surface area contributed by atoms with Gasteiger partial charge in [-0.3, -0.25) is 9.59 Å². The predicted octanol–water partition coefficient (Wildman–Crippen LogP) is 5.88. The smallest absolute Gasteiger partial charge is 0.255 e. The van der Waals surface area contributed by atoms with Crippen LogP contribution in [-0.2, 0) is 0 Å². The zero-order valence-corrected chi connectivity index (χ0v) is 15.8. The second-order valence-corrected chi connectivity index (χ2v) is 6.86. The molecule has 1 heterocycles. The highest BCUT2D eigenvalue weighted by atomic mass is 35.5. The van der Waals surface area contributed by atoms with E-state index in [-0.39, 0.29) is 11.7 Å². The van der Waals surface area contributed by atoms with E-state index in [0.717, 1.165) is 10.9 Å². The molecule has 0 saturated heterocycles. The standard InChI is InChI=1S/C23H16ClNO3/c1-14-19-13-18(25-23(27)16-8-5-9-17(24)12-16)10-11-20(19)28-22(14)21(26)15-6-3-2-4-7-15/h2-13H,1H3,(H,25,27). The Bertz CT molecular complexity index is 1200. The van der Waals surface area contributed by atoms with Gasteiger partial charge in [-0.1, -0.05) is 48.0 Å². The van der Waals surface area contributed by atoms with Crippen LogP contribution >= 0.6 is 11.6 Å². The second-order valence-electron chi connectivity index (χ2n) is 6.43. The normalized spacial score (nSPS) is 10.8. The number of hydrogen-bond donors (Lipinski definition) is 1. The number of nitrogens with one attached hydrogen (secondary N) is 1. The summed E-state index contributed by atoms with van der Waals surface area (Å²) in [5.41, 5.74) is 2.98. The number of hydrogen-bond acceptors (Lipinski definition) is 3. The fraction of sp³-hybridized carbons (Fsp3) is 0.0435. The lowest BCUT2D eigenvalue weighted by Crippen LogP contribution is -2.11. The molecule has 0 spiro atoms. The van der Waals surface area contributed by atoms with E-state index in [0.29, 0.717) is 33.2 Å². The van der Waals surface area contributed by atoms with Gasteiger partial charge in [0.25, 0.3) is 5.91 Å². The highest BCUT2D eigenvalue weighted by molar-refractivity contribution is 6.31. The van der Waals surface area contributed by atoms with Gasteiger partial charge in [-0.2, -0.15) is 0 Å². The van der Waals surface area contributed by atoms with E-state index in [2.05, 4.69) is 5.32 Å². The highest BCUT2D eigenvalue weighted by Crippen LogP contribution is 2.29. The van der Waals surface area contributed by atoms with E-state index in [9.17, 15) is 9.59 Å². The number of furan rings is 1. The summed E-state index contributed by atoms with van der Waals surface area (Å²) in [6.07, 6.45) is 0. The Labute approximate surface area is 166 Å². The van der Waals surface area contributed by atoms with Crippen LogP contribution in [0.25, 0.3) is 11.0 Å². The molecule has 0 radical (unpaired) electrons. The minimum atomic E-state index is -0.261. The molecular weight excluding hydrogens is 374 g/mol. The van der Waals surface area contributed by atoms with Crippen molar-refractivity contribution in [1.82, 2.24) is 0 Å². The second kappa shape index (κ2) is 7.33. The molecule has 0 atom stereocenters. The lowest BCUT2D eigenvalue weighted by atomic mass is 10.0. The minimum absolute atomic E-state index is 0.168. The molecule has 3 aromatic carbocycles. The number of ketones is 1. The monoisotopic (exact) mass is 389 g/mol. The van der Waals surface area contributed by atoms with Gasteiger partial charge >= 0.3 is 0 Å². The van der Waals surface area contributed by atoms with Gasteiger partial charge in [0.15, 0.2) is 5.76 Å². The Balaban J connectivity index is 1.65. The van der Waals surface area contributed by atoms with E-state index in [1.807, 2.05) is 25.1 Å². The number of carbonyl (C=O) groups excluding carboxylic acids is 2. The van der Waals surface area contributed by atoms with E-state index in [1.165, 1.54) is 0 Å². The number of benzene rings is 3. The van der Waals surface area contributed by atoms with Crippen molar-refractivity contribution in [3.63, 3.8) is 0 Å². The molecule has 0 saturated carbocycles. The van der Waals surface area contributed by atoms with Crippen LogP contribution < -0.4 is 5.32 Å². The minimum Gasteiger partial charge on any atom is -0.452 e. The lowest BCUT2D eigenvalue weighted by Gasteiger charge is -2.05. The molecule has 1 amide bonds. The van der Waals surface area contributed by atoms with Crippen molar-refractivity contribution in [2.24, 2.45) is 0 Å². The van der Waals surface area contributed by atoms with Crippen LogP contribution in [0, 0.1) is 6.92 Å². The average molecular weight is 390 g/mol. The van der Waals surface area contributed by atoms with Crippen LogP contribution in [0.4, 0.5) is 5.69 Å². The maximum atomic E-state index is 12.7. The number of amides is 1. The molecule has 5 heteroatoms. The van der Waals surface area contributed by atoms with Crippen LogP contribution in [0.3, 0.4) is 0 Å². The Hall–Kier alpha value is -3.37. The number of fused-ring (bicyclic) bond motifs is 1.